The predicted octanol–water partition coefficient (Wildman–Crippen LogP) is 2.66. The molecule has 162 valence electrons. The fourth-order valence-electron chi connectivity index (χ4n) is 2.64. The van der Waals surface area contributed by atoms with E-state index < -0.39 is 18.5 Å². The summed E-state index contributed by atoms with van der Waals surface area (Å²) in [6.07, 6.45) is -0.173. The smallest absolute Gasteiger partial charge is 0.415 e. The molecule has 2 heterocycles. The topological polar surface area (TPSA) is 133 Å². The first-order valence-electron chi connectivity index (χ1n) is 9.28. The highest BCUT2D eigenvalue weighted by molar-refractivity contribution is 7.18. The number of carbonyl (C=O) groups is 3. The van der Waals surface area contributed by atoms with E-state index in [-0.39, 0.29) is 35.0 Å². The molecule has 2 aromatic heterocycles. The Kier molecular flexibility index (Phi) is 6.98. The number of aromatic nitrogens is 2. The Labute approximate surface area is 181 Å². The molecule has 0 unspecified atom stereocenters. The molecule has 0 radical (unpaired) electrons. The molecule has 0 aliphatic rings. The lowest BCUT2D eigenvalue weighted by Gasteiger charge is -2.07. The number of carbonyl (C=O) groups excluding carboxylic acids is 3. The molecule has 3 aromatic rings. The van der Waals surface area contributed by atoms with Crippen LogP contribution >= 0.6 is 11.3 Å². The molecule has 2 N–H and O–H groups in total. The average Bonchev–Trinajstić information content (AvgIpc) is 3.37. The van der Waals surface area contributed by atoms with Gasteiger partial charge in [-0.25, -0.2) is 4.79 Å². The number of nitrogens with zero attached hydrogens (tertiary/aromatic N) is 2. The lowest BCUT2D eigenvalue weighted by Crippen LogP contribution is -2.21. The number of rotatable bonds is 8. The van der Waals surface area contributed by atoms with Crippen LogP contribution in [0.15, 0.2) is 34.7 Å². The zero-order valence-electron chi connectivity index (χ0n) is 17.1. The van der Waals surface area contributed by atoms with Crippen molar-refractivity contribution in [1.82, 2.24) is 15.5 Å². The molecule has 2 amide bonds. The maximum Gasteiger partial charge on any atom is 0.415 e. The van der Waals surface area contributed by atoms with Gasteiger partial charge in [-0.05, 0) is 31.5 Å². The molecule has 0 saturated carbocycles. The van der Waals surface area contributed by atoms with Gasteiger partial charge in [-0.2, -0.15) is 0 Å². The first kappa shape index (κ1) is 22.0. The third kappa shape index (κ3) is 5.07. The number of amides is 2. The quantitative estimate of drug-likeness (QED) is 0.507. The van der Waals surface area contributed by atoms with Crippen molar-refractivity contribution in [3.05, 3.63) is 46.3 Å². The summed E-state index contributed by atoms with van der Waals surface area (Å²) in [5.41, 5.74) is 1.26. The summed E-state index contributed by atoms with van der Waals surface area (Å²) in [7, 11) is 1.48. The van der Waals surface area contributed by atoms with Crippen molar-refractivity contribution in [2.24, 2.45) is 0 Å². The van der Waals surface area contributed by atoms with Gasteiger partial charge in [0.2, 0.25) is 0 Å². The molecule has 3 rings (SSSR count). The number of ether oxygens (including phenoxy) is 2. The maximum absolute atomic E-state index is 12.4. The zero-order chi connectivity index (χ0) is 22.4. The van der Waals surface area contributed by atoms with Crippen molar-refractivity contribution < 1.29 is 28.3 Å². The van der Waals surface area contributed by atoms with E-state index >= 15 is 0 Å². The Balaban J connectivity index is 1.71. The Morgan fingerprint density at radius 1 is 1.16 bits per heavy atom. The molecule has 11 heteroatoms. The Hall–Kier alpha value is -3.73. The molecule has 0 atom stereocenters. The predicted molar refractivity (Wildman–Crippen MR) is 112 cm³/mol. The van der Waals surface area contributed by atoms with Crippen LogP contribution in [0.2, 0.25) is 0 Å². The second-order valence-corrected chi connectivity index (χ2v) is 7.16. The fourth-order valence-corrected chi connectivity index (χ4v) is 3.79. The lowest BCUT2D eigenvalue weighted by atomic mass is 10.1. The van der Waals surface area contributed by atoms with Gasteiger partial charge in [0.25, 0.3) is 17.7 Å². The van der Waals surface area contributed by atoms with Crippen LogP contribution < -0.4 is 15.4 Å². The molecular weight excluding hydrogens is 424 g/mol. The molecule has 0 fully saturated rings. The van der Waals surface area contributed by atoms with Gasteiger partial charge >= 0.3 is 12.0 Å². The van der Waals surface area contributed by atoms with Crippen molar-refractivity contribution in [2.75, 3.05) is 25.6 Å². The van der Waals surface area contributed by atoms with Crippen LogP contribution in [0.25, 0.3) is 11.5 Å². The van der Waals surface area contributed by atoms with Crippen LogP contribution in [0.4, 0.5) is 5.00 Å². The maximum atomic E-state index is 12.4. The number of hydrogen-bond acceptors (Lipinski definition) is 9. The second-order valence-electron chi connectivity index (χ2n) is 6.14. The number of nitrogens with one attached hydrogen (secondary N) is 2. The average molecular weight is 444 g/mol. The summed E-state index contributed by atoms with van der Waals surface area (Å²) < 4.78 is 15.7. The third-order valence-corrected chi connectivity index (χ3v) is 5.27. The number of thiophene rings is 1. The van der Waals surface area contributed by atoms with Crippen molar-refractivity contribution in [2.45, 2.75) is 13.8 Å². The van der Waals surface area contributed by atoms with Crippen LogP contribution in [0.3, 0.4) is 0 Å². The van der Waals surface area contributed by atoms with Crippen molar-refractivity contribution >= 4 is 34.1 Å². The van der Waals surface area contributed by atoms with E-state index in [1.54, 1.807) is 26.0 Å². The SMILES string of the molecule is CCOC(=O)c1c(NC(=O)COc2nnc(-c3ccccc3)o2)sc(C(=O)NC)c1C. The van der Waals surface area contributed by atoms with Gasteiger partial charge in [0.15, 0.2) is 6.61 Å². The van der Waals surface area contributed by atoms with Crippen LogP contribution in [0, 0.1) is 6.92 Å². The van der Waals surface area contributed by atoms with Crippen molar-refractivity contribution in [1.29, 1.82) is 0 Å². The Morgan fingerprint density at radius 3 is 2.58 bits per heavy atom. The minimum Gasteiger partial charge on any atom is -0.462 e. The minimum absolute atomic E-state index is 0.128. The molecule has 0 aliphatic heterocycles. The van der Waals surface area contributed by atoms with Crippen LogP contribution in [0.1, 0.15) is 32.5 Å². The summed E-state index contributed by atoms with van der Waals surface area (Å²) in [6, 6.07) is 9.09. The van der Waals surface area contributed by atoms with E-state index in [0.717, 1.165) is 11.3 Å². The van der Waals surface area contributed by atoms with E-state index in [4.69, 9.17) is 13.9 Å². The lowest BCUT2D eigenvalue weighted by molar-refractivity contribution is -0.118. The normalized spacial score (nSPS) is 10.4. The summed E-state index contributed by atoms with van der Waals surface area (Å²) in [6.45, 7) is 2.99. The zero-order valence-corrected chi connectivity index (χ0v) is 17.9. The van der Waals surface area contributed by atoms with Crippen LogP contribution in [0.5, 0.6) is 6.08 Å². The highest BCUT2D eigenvalue weighted by atomic mass is 32.1. The van der Waals surface area contributed by atoms with E-state index in [1.165, 1.54) is 7.05 Å². The molecule has 31 heavy (non-hydrogen) atoms. The second kappa shape index (κ2) is 9.85. The van der Waals surface area contributed by atoms with Gasteiger partial charge in [0.05, 0.1) is 17.0 Å². The number of anilines is 1. The highest BCUT2D eigenvalue weighted by Crippen LogP contribution is 2.33. The third-order valence-electron chi connectivity index (χ3n) is 4.07. The molecular formula is C20H20N4O6S. The van der Waals surface area contributed by atoms with E-state index in [9.17, 15) is 14.4 Å². The standard InChI is InChI=1S/C20H20N4O6S/c1-4-28-19(27)14-11(2)15(16(26)21-3)31-18(14)22-13(25)10-29-20-24-23-17(30-20)12-8-6-5-7-9-12/h5-9H,4,10H2,1-3H3,(H,21,26)(H,22,25). The summed E-state index contributed by atoms with van der Waals surface area (Å²) in [5.74, 6) is -1.32. The van der Waals surface area contributed by atoms with Crippen LogP contribution in [-0.4, -0.2) is 48.2 Å². The van der Waals surface area contributed by atoms with Gasteiger partial charge in [-0.1, -0.05) is 23.3 Å². The molecule has 10 nitrogen and oxygen atoms in total. The van der Waals surface area contributed by atoms with E-state index in [1.807, 2.05) is 18.2 Å². The van der Waals surface area contributed by atoms with Gasteiger partial charge in [-0.3, -0.25) is 9.59 Å². The number of benzene rings is 1. The fraction of sp³-hybridized carbons (Fsp3) is 0.250. The van der Waals surface area contributed by atoms with E-state index in [2.05, 4.69) is 20.8 Å². The summed E-state index contributed by atoms with van der Waals surface area (Å²) >= 11 is 0.973. The van der Waals surface area contributed by atoms with Gasteiger partial charge in [0, 0.05) is 12.6 Å². The molecule has 0 bridgehead atoms. The summed E-state index contributed by atoms with van der Waals surface area (Å²) in [5, 5.41) is 12.9. The van der Waals surface area contributed by atoms with Crippen molar-refractivity contribution in [3.63, 3.8) is 0 Å². The van der Waals surface area contributed by atoms with Gasteiger partial charge < -0.3 is 24.5 Å². The molecule has 0 spiro atoms. The minimum atomic E-state index is -0.632. The van der Waals surface area contributed by atoms with E-state index in [0.29, 0.717) is 16.0 Å². The highest BCUT2D eigenvalue weighted by Gasteiger charge is 2.26. The van der Waals surface area contributed by atoms with Crippen LogP contribution in [-0.2, 0) is 9.53 Å². The monoisotopic (exact) mass is 444 g/mol. The first-order chi connectivity index (χ1) is 14.9. The largest absolute Gasteiger partial charge is 0.462 e. The number of hydrogen-bond donors (Lipinski definition) is 2. The Bertz CT molecular complexity index is 1090. The first-order valence-corrected chi connectivity index (χ1v) is 10.1. The summed E-state index contributed by atoms with van der Waals surface area (Å²) in [4.78, 5) is 37.1. The van der Waals surface area contributed by atoms with Gasteiger partial charge in [-0.15, -0.1) is 16.4 Å². The molecule has 0 saturated heterocycles. The van der Waals surface area contributed by atoms with Gasteiger partial charge in [0.1, 0.15) is 5.00 Å². The molecule has 0 aliphatic carbocycles. The number of esters is 1. The Morgan fingerprint density at radius 2 is 1.90 bits per heavy atom. The molecule has 1 aromatic carbocycles. The van der Waals surface area contributed by atoms with Crippen molar-refractivity contribution in [3.8, 4) is 17.5 Å².